The van der Waals surface area contributed by atoms with Gasteiger partial charge in [-0.2, -0.15) is 0 Å². The van der Waals surface area contributed by atoms with Gasteiger partial charge in [0.2, 0.25) is 21.4 Å². The van der Waals surface area contributed by atoms with Crippen LogP contribution in [0.1, 0.15) is 131 Å². The third-order valence-corrected chi connectivity index (χ3v) is 13.5. The number of amides is 4. The Kier molecular flexibility index (Phi) is 13.7. The third kappa shape index (κ3) is 10.9. The molecule has 4 aliphatic rings. The quantitative estimate of drug-likeness (QED) is 0.104. The summed E-state index contributed by atoms with van der Waals surface area (Å²) in [5.74, 6) is 3.14. The fourth-order valence-corrected chi connectivity index (χ4v) is 9.31. The fraction of sp³-hybridized carbons (Fsp3) is 0.558. The van der Waals surface area contributed by atoms with Crippen molar-refractivity contribution in [3.63, 3.8) is 0 Å². The van der Waals surface area contributed by atoms with E-state index in [2.05, 4.69) is 55.5 Å². The van der Waals surface area contributed by atoms with Crippen LogP contribution in [0.4, 0.5) is 9.59 Å². The van der Waals surface area contributed by atoms with E-state index in [1.165, 1.54) is 12.8 Å². The van der Waals surface area contributed by atoms with Crippen LogP contribution in [0.15, 0.2) is 65.8 Å². The van der Waals surface area contributed by atoms with Crippen LogP contribution < -0.4 is 21.3 Å². The maximum Gasteiger partial charge on any atom is 0.315 e. The number of aromatic nitrogens is 6. The van der Waals surface area contributed by atoms with Gasteiger partial charge in [0.25, 0.3) is 5.16 Å². The van der Waals surface area contributed by atoms with Crippen molar-refractivity contribution in [2.75, 3.05) is 18.8 Å². The first-order valence-electron chi connectivity index (χ1n) is 21.4. The molecule has 2 heterocycles. The van der Waals surface area contributed by atoms with Crippen LogP contribution >= 0.6 is 0 Å². The van der Waals surface area contributed by atoms with E-state index in [0.29, 0.717) is 29.4 Å². The Morgan fingerprint density at radius 1 is 0.610 bits per heavy atom. The van der Waals surface area contributed by atoms with Crippen LogP contribution in [-0.4, -0.2) is 86.7 Å². The number of sulfone groups is 1. The fourth-order valence-electron chi connectivity index (χ4n) is 8.11. The van der Waals surface area contributed by atoms with E-state index in [9.17, 15) is 22.8 Å². The van der Waals surface area contributed by atoms with Crippen molar-refractivity contribution >= 4 is 27.7 Å². The van der Waals surface area contributed by atoms with E-state index >= 15 is 0 Å². The number of Topliss-reactive ketones (excluding diaryl/α,β-unsaturated/α-hetero) is 1. The first kappa shape index (κ1) is 42.0. The minimum absolute atomic E-state index is 0.0235. The lowest BCUT2D eigenvalue weighted by molar-refractivity contribution is 0.0971. The van der Waals surface area contributed by atoms with Crippen LogP contribution in [-0.2, 0) is 9.84 Å². The van der Waals surface area contributed by atoms with Crippen molar-refractivity contribution in [1.82, 2.24) is 50.8 Å². The maximum absolute atomic E-state index is 13.0. The van der Waals surface area contributed by atoms with Gasteiger partial charge in [-0.25, -0.2) is 18.0 Å². The number of hydrogen-bond acceptors (Lipinski definition) is 9. The van der Waals surface area contributed by atoms with Gasteiger partial charge in [-0.15, -0.1) is 20.4 Å². The van der Waals surface area contributed by atoms with Crippen LogP contribution in [0.2, 0.25) is 0 Å². The lowest BCUT2D eigenvalue weighted by atomic mass is 9.86. The van der Waals surface area contributed by atoms with Gasteiger partial charge in [-0.1, -0.05) is 75.9 Å². The molecule has 0 aliphatic heterocycles. The monoisotopic (exact) mass is 826 g/mol. The largest absolute Gasteiger partial charge is 0.338 e. The van der Waals surface area contributed by atoms with Crippen molar-refractivity contribution in [2.24, 2.45) is 11.8 Å². The Morgan fingerprint density at radius 3 is 1.61 bits per heavy atom. The summed E-state index contributed by atoms with van der Waals surface area (Å²) >= 11 is 0. The number of para-hydroxylation sites is 2. The van der Waals surface area contributed by atoms with Gasteiger partial charge in [-0.3, -0.25) is 13.9 Å². The Hall–Kier alpha value is -5.12. The standard InChI is InChI=1S/C22H29N5O2.C21H29N5O3S/c1-15-7-5-6-10-18(15)24-22(29)23-14-13-19(28)21-26-25-20(16-11-12-16)27(21)17-8-3-2-4-9-17;1-15-7-5-6-10-18(15)23-20(27)22-13-14-30(28,29)21-25-24-19(16-11-12-16)26(21)17-8-3-2-4-9-17/h2-4,8-9,15-16,18H,5-7,10-14H2,1H3,(H2,23,24,29);2-4,8-9,15-16,18H,5-7,10-14H2,1H3,(H2,22,23,27). The molecule has 0 spiro atoms. The number of benzene rings is 2. The third-order valence-electron chi connectivity index (χ3n) is 11.9. The summed E-state index contributed by atoms with van der Waals surface area (Å²) in [5.41, 5.74) is 1.64. The second-order valence-corrected chi connectivity index (χ2v) is 18.6. The summed E-state index contributed by atoms with van der Waals surface area (Å²) in [4.78, 5) is 37.2. The van der Waals surface area contributed by atoms with E-state index in [0.717, 1.165) is 81.4 Å². The molecule has 4 unspecified atom stereocenters. The highest BCUT2D eigenvalue weighted by molar-refractivity contribution is 7.91. The van der Waals surface area contributed by atoms with E-state index in [1.807, 2.05) is 65.2 Å². The summed E-state index contributed by atoms with van der Waals surface area (Å²) in [6.07, 6.45) is 13.3. The molecule has 8 rings (SSSR count). The number of rotatable bonds is 14. The first-order valence-corrected chi connectivity index (χ1v) is 23.1. The van der Waals surface area contributed by atoms with E-state index < -0.39 is 9.84 Å². The number of carbonyl (C=O) groups excluding carboxylic acids is 3. The summed E-state index contributed by atoms with van der Waals surface area (Å²) in [6, 6.07) is 18.9. The normalized spacial score (nSPS) is 21.7. The summed E-state index contributed by atoms with van der Waals surface area (Å²) < 4.78 is 29.6. The molecule has 4 atom stereocenters. The first-order chi connectivity index (χ1) is 28.6. The van der Waals surface area contributed by atoms with E-state index in [4.69, 9.17) is 0 Å². The van der Waals surface area contributed by atoms with Crippen molar-refractivity contribution in [2.45, 2.75) is 126 Å². The van der Waals surface area contributed by atoms with E-state index in [1.54, 1.807) is 4.57 Å². The maximum atomic E-state index is 13.0. The molecule has 0 radical (unpaired) electrons. The van der Waals surface area contributed by atoms with Crippen LogP contribution in [0.25, 0.3) is 11.4 Å². The van der Waals surface area contributed by atoms with Gasteiger partial charge in [0.15, 0.2) is 0 Å². The Labute approximate surface area is 346 Å². The minimum Gasteiger partial charge on any atom is -0.338 e. The number of nitrogens with zero attached hydrogens (tertiary/aromatic N) is 6. The highest BCUT2D eigenvalue weighted by atomic mass is 32.2. The Balaban J connectivity index is 0.000000179. The second kappa shape index (κ2) is 19.3. The minimum atomic E-state index is -3.72. The van der Waals surface area contributed by atoms with E-state index in [-0.39, 0.29) is 66.3 Å². The number of carbonyl (C=O) groups is 3. The van der Waals surface area contributed by atoms with Crippen molar-refractivity contribution in [1.29, 1.82) is 0 Å². The summed E-state index contributed by atoms with van der Waals surface area (Å²) in [7, 11) is -3.72. The molecule has 316 valence electrons. The van der Waals surface area contributed by atoms with Crippen LogP contribution in [0.5, 0.6) is 0 Å². The SMILES string of the molecule is CC1CCCCC1NC(=O)NCCC(=O)c1nnc(C2CC2)n1-c1ccccc1.CC1CCCCC1NC(=O)NCCS(=O)(=O)c1nnc(C2CC2)n1-c1ccccc1. The van der Waals surface area contributed by atoms with Gasteiger partial charge in [0.05, 0.1) is 5.75 Å². The molecule has 4 amide bonds. The van der Waals surface area contributed by atoms with Crippen molar-refractivity contribution < 1.29 is 22.8 Å². The summed E-state index contributed by atoms with van der Waals surface area (Å²) in [5, 5.41) is 28.2. The molecular formula is C43H58N10O5S. The zero-order chi connectivity index (χ0) is 41.4. The molecule has 0 saturated heterocycles. The van der Waals surface area contributed by atoms with Gasteiger partial charge in [0, 0.05) is 54.8 Å². The molecule has 16 heteroatoms. The molecular weight excluding hydrogens is 769 g/mol. The number of hydrogen-bond donors (Lipinski definition) is 4. The van der Waals surface area contributed by atoms with Gasteiger partial charge < -0.3 is 21.3 Å². The van der Waals surface area contributed by atoms with Crippen molar-refractivity contribution in [3.8, 4) is 11.4 Å². The van der Waals surface area contributed by atoms with Crippen LogP contribution in [0, 0.1) is 11.8 Å². The molecule has 2 aromatic carbocycles. The average Bonchev–Trinajstić information content (AvgIpc) is 4.18. The second-order valence-electron chi connectivity index (χ2n) is 16.6. The molecule has 4 aromatic rings. The molecule has 4 N–H and O–H groups in total. The molecule has 15 nitrogen and oxygen atoms in total. The lowest BCUT2D eigenvalue weighted by Crippen LogP contribution is -2.47. The molecule has 4 aliphatic carbocycles. The predicted octanol–water partition coefficient (Wildman–Crippen LogP) is 6.39. The summed E-state index contributed by atoms with van der Waals surface area (Å²) in [6.45, 7) is 4.63. The highest BCUT2D eigenvalue weighted by Gasteiger charge is 2.35. The van der Waals surface area contributed by atoms with Gasteiger partial charge >= 0.3 is 12.1 Å². The van der Waals surface area contributed by atoms with Gasteiger partial charge in [0.1, 0.15) is 11.6 Å². The molecule has 4 saturated carbocycles. The Bertz CT molecular complexity index is 2150. The van der Waals surface area contributed by atoms with Crippen molar-refractivity contribution in [3.05, 3.63) is 78.1 Å². The van der Waals surface area contributed by atoms with Gasteiger partial charge in [-0.05, 0) is 87.5 Å². The molecule has 0 bridgehead atoms. The molecule has 4 fully saturated rings. The molecule has 59 heavy (non-hydrogen) atoms. The Morgan fingerprint density at radius 2 is 1.08 bits per heavy atom. The number of ketones is 1. The zero-order valence-electron chi connectivity index (χ0n) is 34.2. The number of urea groups is 2. The van der Waals surface area contributed by atoms with Crippen LogP contribution in [0.3, 0.4) is 0 Å². The lowest BCUT2D eigenvalue weighted by Gasteiger charge is -2.29. The highest BCUT2D eigenvalue weighted by Crippen LogP contribution is 2.41. The predicted molar refractivity (Wildman–Crippen MR) is 224 cm³/mol. The molecule has 2 aromatic heterocycles. The number of nitrogens with one attached hydrogen (secondary N) is 4. The smallest absolute Gasteiger partial charge is 0.315 e. The topological polar surface area (TPSA) is 195 Å². The average molecular weight is 827 g/mol. The zero-order valence-corrected chi connectivity index (χ0v) is 35.0.